The highest BCUT2D eigenvalue weighted by Crippen LogP contribution is 2.36. The van der Waals surface area contributed by atoms with E-state index in [4.69, 9.17) is 4.42 Å². The van der Waals surface area contributed by atoms with Crippen molar-refractivity contribution in [1.82, 2.24) is 0 Å². The summed E-state index contributed by atoms with van der Waals surface area (Å²) in [6, 6.07) is 11.4. The van der Waals surface area contributed by atoms with Crippen molar-refractivity contribution in [3.63, 3.8) is 0 Å². The number of Topliss-reactive ketones (excluding diaryl/α,β-unsaturated/α-hetero) is 1. The predicted octanol–water partition coefficient (Wildman–Crippen LogP) is 3.30. The number of carbonyl (C=O) groups excluding carboxylic acids is 1. The van der Waals surface area contributed by atoms with Crippen molar-refractivity contribution >= 4 is 11.4 Å². The molecule has 0 aliphatic heterocycles. The van der Waals surface area contributed by atoms with E-state index in [0.29, 0.717) is 0 Å². The first-order chi connectivity index (χ1) is 7.79. The maximum absolute atomic E-state index is 12.0. The van der Waals surface area contributed by atoms with Crippen LogP contribution >= 0.6 is 0 Å². The molecular weight excluding hydrogens is 200 g/mol. The molecule has 1 aromatic heterocycles. The molecule has 0 bridgehead atoms. The number of ketones is 1. The van der Waals surface area contributed by atoms with E-state index < -0.39 is 0 Å². The molecule has 1 heterocycles. The van der Waals surface area contributed by atoms with Gasteiger partial charge in [0, 0.05) is 16.7 Å². The summed E-state index contributed by atoms with van der Waals surface area (Å²) in [5.41, 5.74) is 3.42. The Kier molecular flexibility index (Phi) is 1.83. The molecule has 0 amide bonds. The lowest BCUT2D eigenvalue weighted by Gasteiger charge is -2.01. The van der Waals surface area contributed by atoms with E-state index in [1.807, 2.05) is 43.3 Å². The highest BCUT2D eigenvalue weighted by molar-refractivity contribution is 6.22. The number of hydrogen-bond donors (Lipinski definition) is 0. The number of fused-ring (bicyclic) bond motifs is 1. The summed E-state index contributed by atoms with van der Waals surface area (Å²) < 4.78 is 5.38. The first-order valence-electron chi connectivity index (χ1n) is 5.18. The summed E-state index contributed by atoms with van der Waals surface area (Å²) in [5, 5.41) is 0. The van der Waals surface area contributed by atoms with Gasteiger partial charge in [0.2, 0.25) is 0 Å². The topological polar surface area (TPSA) is 30.2 Å². The van der Waals surface area contributed by atoms with E-state index in [1.54, 1.807) is 6.26 Å². The summed E-state index contributed by atoms with van der Waals surface area (Å²) in [6.07, 6.45) is 1.63. The van der Waals surface area contributed by atoms with Gasteiger partial charge in [-0.15, -0.1) is 0 Å². The van der Waals surface area contributed by atoms with Crippen LogP contribution in [-0.4, -0.2) is 5.78 Å². The third-order valence-corrected chi connectivity index (χ3v) is 2.92. The van der Waals surface area contributed by atoms with Crippen LogP contribution in [0.2, 0.25) is 0 Å². The van der Waals surface area contributed by atoms with Crippen molar-refractivity contribution in [2.75, 3.05) is 0 Å². The van der Waals surface area contributed by atoms with E-state index in [2.05, 4.69) is 0 Å². The van der Waals surface area contributed by atoms with Crippen molar-refractivity contribution in [2.45, 2.75) is 6.92 Å². The minimum atomic E-state index is 0.0991. The molecule has 0 radical (unpaired) electrons. The lowest BCUT2D eigenvalue weighted by Crippen LogP contribution is -1.94. The lowest BCUT2D eigenvalue weighted by atomic mass is 10.0. The Morgan fingerprint density at radius 2 is 1.75 bits per heavy atom. The second-order valence-electron chi connectivity index (χ2n) is 3.85. The molecule has 0 N–H and O–H groups in total. The molecule has 16 heavy (non-hydrogen) atoms. The molecule has 1 aromatic carbocycles. The van der Waals surface area contributed by atoms with Crippen molar-refractivity contribution in [2.24, 2.45) is 0 Å². The first kappa shape index (κ1) is 9.16. The van der Waals surface area contributed by atoms with Crippen LogP contribution in [0.15, 0.2) is 52.7 Å². The average molecular weight is 210 g/mol. The quantitative estimate of drug-likeness (QED) is 0.722. The van der Waals surface area contributed by atoms with Crippen molar-refractivity contribution in [1.29, 1.82) is 0 Å². The Hall–Kier alpha value is -2.09. The summed E-state index contributed by atoms with van der Waals surface area (Å²) in [6.45, 7) is 1.85. The van der Waals surface area contributed by atoms with E-state index in [0.717, 1.165) is 28.0 Å². The van der Waals surface area contributed by atoms with E-state index in [9.17, 15) is 4.79 Å². The number of carbonyl (C=O) groups is 1. The summed E-state index contributed by atoms with van der Waals surface area (Å²) in [5.74, 6) is 0.859. The largest absolute Gasteiger partial charge is 0.464 e. The van der Waals surface area contributed by atoms with Gasteiger partial charge >= 0.3 is 0 Å². The molecule has 1 aliphatic rings. The Morgan fingerprint density at radius 3 is 2.44 bits per heavy atom. The van der Waals surface area contributed by atoms with Gasteiger partial charge in [0.05, 0.1) is 6.26 Å². The molecule has 0 saturated carbocycles. The number of hydrogen-bond acceptors (Lipinski definition) is 2. The van der Waals surface area contributed by atoms with Crippen LogP contribution in [0.5, 0.6) is 0 Å². The standard InChI is InChI=1S/C14H10O2/c1-9-13(12-7-4-8-16-12)10-5-2-3-6-11(10)14(9)15/h2-8H,1H3. The number of furan rings is 1. The van der Waals surface area contributed by atoms with Crippen LogP contribution in [0.1, 0.15) is 28.6 Å². The zero-order valence-corrected chi connectivity index (χ0v) is 8.86. The van der Waals surface area contributed by atoms with Gasteiger partial charge in [0.15, 0.2) is 5.78 Å². The molecule has 78 valence electrons. The molecule has 0 spiro atoms. The summed E-state index contributed by atoms with van der Waals surface area (Å²) >= 11 is 0. The first-order valence-corrected chi connectivity index (χ1v) is 5.18. The van der Waals surface area contributed by atoms with Crippen LogP contribution < -0.4 is 0 Å². The fourth-order valence-corrected chi connectivity index (χ4v) is 2.15. The van der Waals surface area contributed by atoms with E-state index in [-0.39, 0.29) is 5.78 Å². The molecule has 0 atom stereocenters. The van der Waals surface area contributed by atoms with Crippen LogP contribution in [0.4, 0.5) is 0 Å². The Labute approximate surface area is 93.2 Å². The molecule has 0 unspecified atom stereocenters. The molecular formula is C14H10O2. The molecule has 0 saturated heterocycles. The van der Waals surface area contributed by atoms with Gasteiger partial charge < -0.3 is 4.42 Å². The van der Waals surface area contributed by atoms with Gasteiger partial charge in [-0.3, -0.25) is 4.79 Å². The van der Waals surface area contributed by atoms with Crippen LogP contribution in [0, 0.1) is 0 Å². The Balaban J connectivity index is 2.29. The number of rotatable bonds is 1. The zero-order valence-electron chi connectivity index (χ0n) is 8.86. The fourth-order valence-electron chi connectivity index (χ4n) is 2.15. The minimum absolute atomic E-state index is 0.0991. The predicted molar refractivity (Wildman–Crippen MR) is 61.2 cm³/mol. The highest BCUT2D eigenvalue weighted by Gasteiger charge is 2.28. The summed E-state index contributed by atoms with van der Waals surface area (Å²) in [4.78, 5) is 12.0. The van der Waals surface area contributed by atoms with Crippen molar-refractivity contribution in [3.8, 4) is 0 Å². The highest BCUT2D eigenvalue weighted by atomic mass is 16.3. The third-order valence-electron chi connectivity index (χ3n) is 2.92. The van der Waals surface area contributed by atoms with Gasteiger partial charge in [-0.25, -0.2) is 0 Å². The van der Waals surface area contributed by atoms with E-state index >= 15 is 0 Å². The smallest absolute Gasteiger partial charge is 0.190 e. The molecule has 2 nitrogen and oxygen atoms in total. The Bertz CT molecular complexity index is 589. The zero-order chi connectivity index (χ0) is 11.1. The van der Waals surface area contributed by atoms with Crippen molar-refractivity contribution in [3.05, 3.63) is 65.1 Å². The van der Waals surface area contributed by atoms with Crippen molar-refractivity contribution < 1.29 is 9.21 Å². The maximum Gasteiger partial charge on any atom is 0.190 e. The van der Waals surface area contributed by atoms with Gasteiger partial charge in [-0.1, -0.05) is 24.3 Å². The van der Waals surface area contributed by atoms with Gasteiger partial charge in [-0.2, -0.15) is 0 Å². The normalized spacial score (nSPS) is 14.4. The minimum Gasteiger partial charge on any atom is -0.464 e. The number of allylic oxidation sites excluding steroid dienone is 1. The molecule has 3 rings (SSSR count). The maximum atomic E-state index is 12.0. The Morgan fingerprint density at radius 1 is 1.00 bits per heavy atom. The lowest BCUT2D eigenvalue weighted by molar-refractivity contribution is 0.103. The molecule has 1 aliphatic carbocycles. The molecule has 2 heteroatoms. The summed E-state index contributed by atoms with van der Waals surface area (Å²) in [7, 11) is 0. The van der Waals surface area contributed by atoms with Crippen LogP contribution in [-0.2, 0) is 0 Å². The van der Waals surface area contributed by atoms with Gasteiger partial charge in [0.1, 0.15) is 5.76 Å². The second-order valence-corrected chi connectivity index (χ2v) is 3.85. The van der Waals surface area contributed by atoms with Gasteiger partial charge in [-0.05, 0) is 24.6 Å². The fraction of sp³-hybridized carbons (Fsp3) is 0.0714. The molecule has 2 aromatic rings. The third kappa shape index (κ3) is 1.10. The number of benzene rings is 1. The van der Waals surface area contributed by atoms with Crippen LogP contribution in [0.3, 0.4) is 0 Å². The average Bonchev–Trinajstić information content (AvgIpc) is 2.89. The monoisotopic (exact) mass is 210 g/mol. The molecule has 0 fully saturated rings. The van der Waals surface area contributed by atoms with Crippen LogP contribution in [0.25, 0.3) is 5.57 Å². The van der Waals surface area contributed by atoms with Gasteiger partial charge in [0.25, 0.3) is 0 Å². The second kappa shape index (κ2) is 3.20. The van der Waals surface area contributed by atoms with E-state index in [1.165, 1.54) is 0 Å². The SMILES string of the molecule is CC1=C(c2ccco2)c2ccccc2C1=O.